The number of carbonyl (C=O) groups excluding carboxylic acids is 1. The molecule has 3 heterocycles. The summed E-state index contributed by atoms with van der Waals surface area (Å²) in [7, 11) is 0. The lowest BCUT2D eigenvalue weighted by atomic mass is 9.97. The van der Waals surface area contributed by atoms with Gasteiger partial charge in [0.25, 0.3) is 5.91 Å². The van der Waals surface area contributed by atoms with Crippen molar-refractivity contribution in [1.82, 2.24) is 30.3 Å². The second kappa shape index (κ2) is 9.55. The molecular formula is C21H24N6O3. The summed E-state index contributed by atoms with van der Waals surface area (Å²) in [6.45, 7) is 0.503. The number of carbonyl (C=O) groups is 1. The number of benzene rings is 1. The van der Waals surface area contributed by atoms with Gasteiger partial charge in [0.2, 0.25) is 0 Å². The molecular weight excluding hydrogens is 384 g/mol. The van der Waals surface area contributed by atoms with E-state index in [4.69, 9.17) is 4.74 Å². The normalized spacial score (nSPS) is 21.3. The number of aliphatic hydroxyl groups excluding tert-OH is 1. The Morgan fingerprint density at radius 3 is 2.87 bits per heavy atom. The lowest BCUT2D eigenvalue weighted by molar-refractivity contribution is -0.0912. The fraction of sp³-hybridized carbons (Fsp3) is 0.381. The maximum absolute atomic E-state index is 12.3. The Balaban J connectivity index is 1.29. The smallest absolute Gasteiger partial charge is 0.271 e. The Morgan fingerprint density at radius 1 is 1.23 bits per heavy atom. The van der Waals surface area contributed by atoms with Gasteiger partial charge < -0.3 is 15.2 Å². The first-order valence-electron chi connectivity index (χ1n) is 10.0. The van der Waals surface area contributed by atoms with Crippen LogP contribution in [0.3, 0.4) is 0 Å². The van der Waals surface area contributed by atoms with Crippen molar-refractivity contribution in [2.24, 2.45) is 0 Å². The molecule has 3 aromatic rings. The molecule has 4 rings (SSSR count). The van der Waals surface area contributed by atoms with Crippen molar-refractivity contribution in [1.29, 1.82) is 0 Å². The molecule has 1 aliphatic rings. The minimum atomic E-state index is -0.458. The van der Waals surface area contributed by atoms with E-state index in [-0.39, 0.29) is 30.4 Å². The Kier molecular flexibility index (Phi) is 6.41. The highest BCUT2D eigenvalue weighted by Crippen LogP contribution is 2.23. The average Bonchev–Trinajstić information content (AvgIpc) is 3.28. The van der Waals surface area contributed by atoms with E-state index in [1.807, 2.05) is 41.2 Å². The summed E-state index contributed by atoms with van der Waals surface area (Å²) in [6, 6.07) is 9.64. The molecule has 9 heteroatoms. The van der Waals surface area contributed by atoms with Crippen molar-refractivity contribution in [3.63, 3.8) is 0 Å². The van der Waals surface area contributed by atoms with Gasteiger partial charge in [-0.3, -0.25) is 14.5 Å². The first kappa shape index (κ1) is 20.1. The Hall–Kier alpha value is -3.17. The van der Waals surface area contributed by atoms with E-state index < -0.39 is 6.10 Å². The quantitative estimate of drug-likeness (QED) is 0.608. The minimum Gasteiger partial charge on any atom is -0.394 e. The van der Waals surface area contributed by atoms with Crippen LogP contribution in [0.1, 0.15) is 29.8 Å². The number of nitrogens with one attached hydrogen (secondary N) is 1. The van der Waals surface area contributed by atoms with Crippen LogP contribution in [0.5, 0.6) is 0 Å². The molecule has 1 saturated heterocycles. The molecule has 30 heavy (non-hydrogen) atoms. The molecule has 2 N–H and O–H groups in total. The first-order chi connectivity index (χ1) is 14.7. The number of nitrogens with zero attached hydrogens (tertiary/aromatic N) is 5. The number of rotatable bonds is 7. The van der Waals surface area contributed by atoms with E-state index in [1.54, 1.807) is 0 Å². The van der Waals surface area contributed by atoms with Gasteiger partial charge in [0.15, 0.2) is 0 Å². The van der Waals surface area contributed by atoms with Gasteiger partial charge in [-0.1, -0.05) is 35.5 Å². The van der Waals surface area contributed by atoms with E-state index >= 15 is 0 Å². The van der Waals surface area contributed by atoms with E-state index in [1.165, 1.54) is 18.6 Å². The molecule has 2 aromatic heterocycles. The molecule has 0 aliphatic carbocycles. The number of ether oxygens (including phenoxy) is 1. The maximum atomic E-state index is 12.3. The molecule has 0 bridgehead atoms. The Labute approximate surface area is 174 Å². The highest BCUT2D eigenvalue weighted by atomic mass is 16.5. The topological polar surface area (TPSA) is 115 Å². The van der Waals surface area contributed by atoms with Gasteiger partial charge in [-0.2, -0.15) is 0 Å². The number of amides is 1. The van der Waals surface area contributed by atoms with Gasteiger partial charge in [-0.25, -0.2) is 4.98 Å². The third kappa shape index (κ3) is 4.87. The van der Waals surface area contributed by atoms with Crippen LogP contribution in [0.25, 0.3) is 11.3 Å². The maximum Gasteiger partial charge on any atom is 0.271 e. The van der Waals surface area contributed by atoms with E-state index in [9.17, 15) is 9.90 Å². The van der Waals surface area contributed by atoms with Gasteiger partial charge >= 0.3 is 0 Å². The Bertz CT molecular complexity index is 950. The second-order valence-electron chi connectivity index (χ2n) is 7.25. The molecule has 3 atom stereocenters. The fourth-order valence-electron chi connectivity index (χ4n) is 3.59. The zero-order chi connectivity index (χ0) is 20.8. The van der Waals surface area contributed by atoms with Crippen molar-refractivity contribution >= 4 is 5.91 Å². The average molecular weight is 408 g/mol. The lowest BCUT2D eigenvalue weighted by Crippen LogP contribution is -2.51. The zero-order valence-electron chi connectivity index (χ0n) is 16.5. The van der Waals surface area contributed by atoms with E-state index in [0.717, 1.165) is 24.1 Å². The number of aliphatic hydroxyl groups is 1. The van der Waals surface area contributed by atoms with Crippen LogP contribution >= 0.6 is 0 Å². The summed E-state index contributed by atoms with van der Waals surface area (Å²) in [5, 5.41) is 21.1. The largest absolute Gasteiger partial charge is 0.394 e. The number of hydrogen-bond acceptors (Lipinski definition) is 7. The van der Waals surface area contributed by atoms with E-state index in [0.29, 0.717) is 13.0 Å². The number of hydrogen-bond donors (Lipinski definition) is 2. The van der Waals surface area contributed by atoms with Gasteiger partial charge in [0, 0.05) is 24.5 Å². The van der Waals surface area contributed by atoms with Crippen molar-refractivity contribution in [2.75, 3.05) is 6.61 Å². The molecule has 0 radical (unpaired) electrons. The molecule has 1 amide bonds. The highest BCUT2D eigenvalue weighted by Gasteiger charge is 2.32. The number of aryl methyl sites for hydroxylation is 1. The van der Waals surface area contributed by atoms with Gasteiger partial charge in [0.1, 0.15) is 17.5 Å². The van der Waals surface area contributed by atoms with Gasteiger partial charge in [-0.05, 0) is 19.3 Å². The molecule has 1 aromatic carbocycles. The van der Waals surface area contributed by atoms with Crippen LogP contribution in [0.15, 0.2) is 55.1 Å². The standard InChI is InChI=1S/C21H24N6O3/c28-14-20-17(24-21(29)18-12-22-9-10-23-18)7-6-16(30-20)8-11-27-13-19(25-26-27)15-4-2-1-3-5-15/h1-5,9-10,12-13,16-17,20,28H,6-8,11,14H2,(H,24,29)/t16-,17+,20-/m1/s1. The van der Waals surface area contributed by atoms with Gasteiger partial charge in [0.05, 0.1) is 31.1 Å². The van der Waals surface area contributed by atoms with E-state index in [2.05, 4.69) is 25.6 Å². The Morgan fingerprint density at radius 2 is 2.10 bits per heavy atom. The first-order valence-corrected chi connectivity index (χ1v) is 10.0. The predicted octanol–water partition coefficient (Wildman–Crippen LogP) is 1.46. The molecule has 0 spiro atoms. The molecule has 0 unspecified atom stereocenters. The minimum absolute atomic E-state index is 0.0174. The van der Waals surface area contributed by atoms with Crippen LogP contribution < -0.4 is 5.32 Å². The molecule has 0 saturated carbocycles. The van der Waals surface area contributed by atoms with Crippen LogP contribution in [0.2, 0.25) is 0 Å². The highest BCUT2D eigenvalue weighted by molar-refractivity contribution is 5.92. The zero-order valence-corrected chi connectivity index (χ0v) is 16.5. The summed E-state index contributed by atoms with van der Waals surface area (Å²) in [5.74, 6) is -0.315. The molecule has 1 aliphatic heterocycles. The SMILES string of the molecule is O=C(N[C@H]1CC[C@H](CCn2cc(-c3ccccc3)nn2)O[C@@H]1CO)c1cnccn1. The predicted molar refractivity (Wildman–Crippen MR) is 108 cm³/mol. The third-order valence-electron chi connectivity index (χ3n) is 5.20. The van der Waals surface area contributed by atoms with Crippen LogP contribution in [-0.4, -0.2) is 60.8 Å². The second-order valence-corrected chi connectivity index (χ2v) is 7.25. The third-order valence-corrected chi connectivity index (χ3v) is 5.20. The summed E-state index contributed by atoms with van der Waals surface area (Å²) < 4.78 is 7.84. The molecule has 156 valence electrons. The van der Waals surface area contributed by atoms with Crippen molar-refractivity contribution in [3.05, 3.63) is 60.8 Å². The lowest BCUT2D eigenvalue weighted by Gasteiger charge is -2.36. The molecule has 9 nitrogen and oxygen atoms in total. The summed E-state index contributed by atoms with van der Waals surface area (Å²) in [6.07, 6.45) is 8.09. The summed E-state index contributed by atoms with van der Waals surface area (Å²) in [4.78, 5) is 20.2. The molecule has 1 fully saturated rings. The fourth-order valence-corrected chi connectivity index (χ4v) is 3.59. The van der Waals surface area contributed by atoms with Crippen molar-refractivity contribution in [3.8, 4) is 11.3 Å². The van der Waals surface area contributed by atoms with Crippen molar-refractivity contribution in [2.45, 2.75) is 44.1 Å². The summed E-state index contributed by atoms with van der Waals surface area (Å²) in [5.41, 5.74) is 2.11. The van der Waals surface area contributed by atoms with Gasteiger partial charge in [-0.15, -0.1) is 5.10 Å². The van der Waals surface area contributed by atoms with Crippen molar-refractivity contribution < 1.29 is 14.6 Å². The van der Waals surface area contributed by atoms with Crippen LogP contribution in [-0.2, 0) is 11.3 Å². The number of aromatic nitrogens is 5. The monoisotopic (exact) mass is 408 g/mol. The summed E-state index contributed by atoms with van der Waals surface area (Å²) >= 11 is 0. The van der Waals surface area contributed by atoms with Crippen LogP contribution in [0, 0.1) is 0 Å². The van der Waals surface area contributed by atoms with Crippen LogP contribution in [0.4, 0.5) is 0 Å².